The molecule has 7 heteroatoms. The monoisotopic (exact) mass is 426 g/mol. The SMILES string of the molecule is Nc1ncc(-c2ccc([CH]N3CCCC3)cc2)cc1OCc1ccccc1C(F)(F)F. The lowest BCUT2D eigenvalue weighted by Crippen LogP contribution is -2.15. The van der Waals surface area contributed by atoms with Crippen LogP contribution in [0, 0.1) is 6.54 Å². The third kappa shape index (κ3) is 5.17. The molecule has 0 saturated carbocycles. The first kappa shape index (κ1) is 21.2. The van der Waals surface area contributed by atoms with Gasteiger partial charge >= 0.3 is 6.18 Å². The molecular formula is C24H23F3N3O. The number of pyridine rings is 1. The van der Waals surface area contributed by atoms with E-state index in [2.05, 4.69) is 16.4 Å². The molecule has 2 aromatic carbocycles. The van der Waals surface area contributed by atoms with Gasteiger partial charge in [0.1, 0.15) is 6.61 Å². The lowest BCUT2D eigenvalue weighted by molar-refractivity contribution is -0.138. The molecule has 0 atom stereocenters. The van der Waals surface area contributed by atoms with E-state index in [9.17, 15) is 13.2 Å². The summed E-state index contributed by atoms with van der Waals surface area (Å²) in [5, 5.41) is 0. The number of anilines is 1. The zero-order chi connectivity index (χ0) is 21.8. The van der Waals surface area contributed by atoms with Gasteiger partial charge in [0.05, 0.1) is 12.1 Å². The molecule has 0 amide bonds. The minimum absolute atomic E-state index is 0.0432. The summed E-state index contributed by atoms with van der Waals surface area (Å²) < 4.78 is 45.2. The second-order valence-corrected chi connectivity index (χ2v) is 7.55. The molecule has 1 aliphatic heterocycles. The summed E-state index contributed by atoms with van der Waals surface area (Å²) in [5.41, 5.74) is 8.05. The van der Waals surface area contributed by atoms with Crippen molar-refractivity contribution in [2.75, 3.05) is 18.8 Å². The minimum Gasteiger partial charge on any atom is -0.485 e. The summed E-state index contributed by atoms with van der Waals surface area (Å²) in [5.74, 6) is 0.384. The standard InChI is InChI=1S/C24H23F3N3O/c25-24(26,27)21-6-2-1-5-19(21)16-31-22-13-20(14-29-23(22)28)18-9-7-17(8-10-18)15-30-11-3-4-12-30/h1-2,5-10,13-15H,3-4,11-12,16H2,(H2,28,29). The van der Waals surface area contributed by atoms with Crippen LogP contribution in [0.25, 0.3) is 11.1 Å². The van der Waals surface area contributed by atoms with E-state index < -0.39 is 11.7 Å². The van der Waals surface area contributed by atoms with E-state index in [1.165, 1.54) is 25.0 Å². The van der Waals surface area contributed by atoms with Crippen molar-refractivity contribution in [2.24, 2.45) is 0 Å². The van der Waals surface area contributed by atoms with Crippen molar-refractivity contribution in [2.45, 2.75) is 25.6 Å². The molecule has 161 valence electrons. The molecule has 0 aliphatic carbocycles. The zero-order valence-corrected chi connectivity index (χ0v) is 16.9. The van der Waals surface area contributed by atoms with Crippen LogP contribution in [-0.4, -0.2) is 23.0 Å². The lowest BCUT2D eigenvalue weighted by Gasteiger charge is -2.15. The third-order valence-electron chi connectivity index (χ3n) is 5.30. The van der Waals surface area contributed by atoms with E-state index >= 15 is 0 Å². The number of nitrogen functional groups attached to an aromatic ring is 1. The summed E-state index contributed by atoms with van der Waals surface area (Å²) in [7, 11) is 0. The highest BCUT2D eigenvalue weighted by atomic mass is 19.4. The normalized spacial score (nSPS) is 14.7. The fourth-order valence-electron chi connectivity index (χ4n) is 3.65. The number of nitrogens with zero attached hydrogens (tertiary/aromatic N) is 2. The highest BCUT2D eigenvalue weighted by Gasteiger charge is 2.33. The Bertz CT molecular complexity index is 1030. The molecule has 4 rings (SSSR count). The van der Waals surface area contributed by atoms with Crippen LogP contribution in [0.5, 0.6) is 5.75 Å². The second-order valence-electron chi connectivity index (χ2n) is 7.55. The van der Waals surface area contributed by atoms with Crippen molar-refractivity contribution in [3.05, 3.63) is 84.0 Å². The molecule has 3 aromatic rings. The smallest absolute Gasteiger partial charge is 0.416 e. The highest BCUT2D eigenvalue weighted by molar-refractivity contribution is 5.67. The van der Waals surface area contributed by atoms with Gasteiger partial charge in [-0.3, -0.25) is 4.90 Å². The van der Waals surface area contributed by atoms with Gasteiger partial charge in [0.15, 0.2) is 11.6 Å². The van der Waals surface area contributed by atoms with Crippen LogP contribution in [-0.2, 0) is 12.8 Å². The second kappa shape index (κ2) is 8.98. The van der Waals surface area contributed by atoms with Crippen LogP contribution in [0.2, 0.25) is 0 Å². The number of rotatable bonds is 6. The van der Waals surface area contributed by atoms with Gasteiger partial charge in [-0.1, -0.05) is 42.5 Å². The van der Waals surface area contributed by atoms with E-state index in [1.54, 1.807) is 18.3 Å². The van der Waals surface area contributed by atoms with E-state index in [-0.39, 0.29) is 23.7 Å². The molecule has 1 aliphatic rings. The number of aromatic nitrogens is 1. The molecule has 0 bridgehead atoms. The maximum Gasteiger partial charge on any atom is 0.416 e. The Morgan fingerprint density at radius 3 is 2.42 bits per heavy atom. The van der Waals surface area contributed by atoms with Crippen molar-refractivity contribution in [3.8, 4) is 16.9 Å². The van der Waals surface area contributed by atoms with Crippen LogP contribution in [0.4, 0.5) is 19.0 Å². The van der Waals surface area contributed by atoms with Crippen molar-refractivity contribution in [1.82, 2.24) is 9.88 Å². The Balaban J connectivity index is 1.49. The van der Waals surface area contributed by atoms with Crippen molar-refractivity contribution in [3.63, 3.8) is 0 Å². The van der Waals surface area contributed by atoms with Gasteiger partial charge in [-0.05, 0) is 49.2 Å². The molecule has 4 nitrogen and oxygen atoms in total. The molecule has 1 fully saturated rings. The molecular weight excluding hydrogens is 403 g/mol. The Labute approximate surface area is 179 Å². The number of alkyl halides is 3. The summed E-state index contributed by atoms with van der Waals surface area (Å²) in [6, 6.07) is 15.1. The molecule has 0 unspecified atom stereocenters. The molecule has 1 aromatic heterocycles. The minimum atomic E-state index is -4.45. The Morgan fingerprint density at radius 2 is 1.71 bits per heavy atom. The van der Waals surface area contributed by atoms with Gasteiger partial charge in [-0.25, -0.2) is 4.98 Å². The Morgan fingerprint density at radius 1 is 1.00 bits per heavy atom. The number of nitrogens with two attached hydrogens (primary N) is 1. The zero-order valence-electron chi connectivity index (χ0n) is 16.9. The largest absolute Gasteiger partial charge is 0.485 e. The van der Waals surface area contributed by atoms with E-state index in [0.29, 0.717) is 0 Å². The maximum atomic E-state index is 13.2. The van der Waals surface area contributed by atoms with Gasteiger partial charge in [-0.15, -0.1) is 0 Å². The fraction of sp³-hybridized carbons (Fsp3) is 0.250. The van der Waals surface area contributed by atoms with Crippen LogP contribution in [0.15, 0.2) is 60.8 Å². The van der Waals surface area contributed by atoms with Gasteiger partial charge < -0.3 is 10.5 Å². The predicted octanol–water partition coefficient (Wildman–Crippen LogP) is 5.53. The molecule has 1 radical (unpaired) electrons. The molecule has 2 heterocycles. The summed E-state index contributed by atoms with van der Waals surface area (Å²) in [6.45, 7) is 4.07. The predicted molar refractivity (Wildman–Crippen MR) is 114 cm³/mol. The topological polar surface area (TPSA) is 51.4 Å². The first-order chi connectivity index (χ1) is 14.9. The van der Waals surface area contributed by atoms with Gasteiger partial charge in [0, 0.05) is 17.3 Å². The number of likely N-dealkylation sites (tertiary alicyclic amines) is 1. The summed E-state index contributed by atoms with van der Waals surface area (Å²) >= 11 is 0. The molecule has 31 heavy (non-hydrogen) atoms. The first-order valence-corrected chi connectivity index (χ1v) is 10.1. The van der Waals surface area contributed by atoms with E-state index in [0.717, 1.165) is 35.8 Å². The van der Waals surface area contributed by atoms with Crippen molar-refractivity contribution >= 4 is 5.82 Å². The van der Waals surface area contributed by atoms with Crippen LogP contribution < -0.4 is 10.5 Å². The average molecular weight is 426 g/mol. The number of benzene rings is 2. The number of ether oxygens (including phenoxy) is 1. The van der Waals surface area contributed by atoms with Crippen molar-refractivity contribution in [1.29, 1.82) is 0 Å². The number of hydrogen-bond donors (Lipinski definition) is 1. The van der Waals surface area contributed by atoms with Gasteiger partial charge in [-0.2, -0.15) is 13.2 Å². The van der Waals surface area contributed by atoms with Crippen LogP contribution in [0.3, 0.4) is 0 Å². The van der Waals surface area contributed by atoms with Crippen LogP contribution in [0.1, 0.15) is 29.5 Å². The Kier molecular flexibility index (Phi) is 6.13. The average Bonchev–Trinajstić information content (AvgIpc) is 3.26. The molecule has 0 spiro atoms. The van der Waals surface area contributed by atoms with E-state index in [4.69, 9.17) is 10.5 Å². The van der Waals surface area contributed by atoms with E-state index in [1.807, 2.05) is 24.3 Å². The summed E-state index contributed by atoms with van der Waals surface area (Å²) in [4.78, 5) is 6.47. The first-order valence-electron chi connectivity index (χ1n) is 10.1. The highest BCUT2D eigenvalue weighted by Crippen LogP contribution is 2.33. The lowest BCUT2D eigenvalue weighted by atomic mass is 10.0. The number of halogens is 3. The molecule has 2 N–H and O–H groups in total. The summed E-state index contributed by atoms with van der Waals surface area (Å²) in [6.07, 6.45) is -0.367. The maximum absolute atomic E-state index is 13.2. The van der Waals surface area contributed by atoms with Crippen LogP contribution >= 0.6 is 0 Å². The number of hydrogen-bond acceptors (Lipinski definition) is 4. The Hall–Kier alpha value is -3.06. The molecule has 1 saturated heterocycles. The van der Waals surface area contributed by atoms with Crippen molar-refractivity contribution < 1.29 is 17.9 Å². The van der Waals surface area contributed by atoms with Gasteiger partial charge in [0.2, 0.25) is 0 Å². The van der Waals surface area contributed by atoms with Gasteiger partial charge in [0.25, 0.3) is 0 Å². The fourth-order valence-corrected chi connectivity index (χ4v) is 3.65. The quantitative estimate of drug-likeness (QED) is 0.563. The third-order valence-corrected chi connectivity index (χ3v) is 5.30.